The molecule has 0 amide bonds. The zero-order valence-electron chi connectivity index (χ0n) is 18.6. The number of nitrogens with one attached hydrogen (secondary N) is 1. The van der Waals surface area contributed by atoms with Crippen LogP contribution >= 0.6 is 0 Å². The van der Waals surface area contributed by atoms with Crippen LogP contribution in [0.15, 0.2) is 85.1 Å². The second kappa shape index (κ2) is 8.02. The minimum absolute atomic E-state index is 0.133. The summed E-state index contributed by atoms with van der Waals surface area (Å²) < 4.78 is 13.5. The van der Waals surface area contributed by atoms with Gasteiger partial charge < -0.3 is 14.8 Å². The topological polar surface area (TPSA) is 64.5 Å². The predicted octanol–water partition coefficient (Wildman–Crippen LogP) is 4.50. The fourth-order valence-corrected chi connectivity index (χ4v) is 4.94. The van der Waals surface area contributed by atoms with Crippen LogP contribution in [-0.2, 0) is 16.1 Å². The molecule has 3 heterocycles. The predicted molar refractivity (Wildman–Crippen MR) is 132 cm³/mol. The van der Waals surface area contributed by atoms with E-state index in [9.17, 15) is 0 Å². The van der Waals surface area contributed by atoms with E-state index in [0.717, 1.165) is 35.6 Å². The monoisotopic (exact) mass is 448 g/mol. The molecule has 1 N–H and O–H groups in total. The molecule has 5 aromatic rings. The second-order valence-corrected chi connectivity index (χ2v) is 9.09. The van der Waals surface area contributed by atoms with Crippen LogP contribution in [0.25, 0.3) is 38.5 Å². The number of hydrogen-bond donors (Lipinski definition) is 1. The number of nitrogens with zero attached hydrogens (tertiary/aromatic N) is 3. The SMILES string of the molecule is c1ccc2cc3c(-c4cn(-c5ccc(CO[C@@H]6CNC[C@H]7O[C@@H]67)cc5)nn4)cccc3cc2c1. The number of piperidine rings is 1. The molecular weight excluding hydrogens is 424 g/mol. The van der Waals surface area contributed by atoms with Gasteiger partial charge in [0.05, 0.1) is 30.7 Å². The van der Waals surface area contributed by atoms with E-state index in [4.69, 9.17) is 9.47 Å². The van der Waals surface area contributed by atoms with E-state index in [-0.39, 0.29) is 12.2 Å². The highest BCUT2D eigenvalue weighted by Crippen LogP contribution is 2.32. The molecule has 0 radical (unpaired) electrons. The van der Waals surface area contributed by atoms with Crippen LogP contribution in [0.5, 0.6) is 0 Å². The van der Waals surface area contributed by atoms with Gasteiger partial charge in [0.2, 0.25) is 0 Å². The minimum Gasteiger partial charge on any atom is -0.369 e. The van der Waals surface area contributed by atoms with Crippen LogP contribution in [-0.4, -0.2) is 46.4 Å². The van der Waals surface area contributed by atoms with E-state index in [1.54, 1.807) is 0 Å². The van der Waals surface area contributed by atoms with Crippen LogP contribution < -0.4 is 5.32 Å². The Bertz CT molecular complexity index is 1490. The molecule has 6 heteroatoms. The van der Waals surface area contributed by atoms with Crippen molar-refractivity contribution >= 4 is 21.5 Å². The zero-order chi connectivity index (χ0) is 22.5. The first-order chi connectivity index (χ1) is 16.8. The zero-order valence-corrected chi connectivity index (χ0v) is 18.6. The van der Waals surface area contributed by atoms with Gasteiger partial charge in [-0.25, -0.2) is 4.68 Å². The second-order valence-electron chi connectivity index (χ2n) is 9.09. The third-order valence-corrected chi connectivity index (χ3v) is 6.86. The molecule has 34 heavy (non-hydrogen) atoms. The molecule has 7 rings (SSSR count). The van der Waals surface area contributed by atoms with E-state index in [2.05, 4.69) is 94.5 Å². The van der Waals surface area contributed by atoms with Crippen molar-refractivity contribution < 1.29 is 9.47 Å². The normalized spacial score (nSPS) is 21.6. The van der Waals surface area contributed by atoms with Gasteiger partial charge in [0.25, 0.3) is 0 Å². The maximum atomic E-state index is 6.08. The summed E-state index contributed by atoms with van der Waals surface area (Å²) in [6, 6.07) is 27.5. The largest absolute Gasteiger partial charge is 0.369 e. The molecule has 6 nitrogen and oxygen atoms in total. The Labute approximate surface area is 197 Å². The highest BCUT2D eigenvalue weighted by Gasteiger charge is 2.48. The summed E-state index contributed by atoms with van der Waals surface area (Å²) in [6.07, 6.45) is 2.73. The summed E-state index contributed by atoms with van der Waals surface area (Å²) in [6.45, 7) is 2.37. The summed E-state index contributed by atoms with van der Waals surface area (Å²) in [4.78, 5) is 0. The number of hydrogen-bond acceptors (Lipinski definition) is 5. The van der Waals surface area contributed by atoms with Crippen LogP contribution in [0, 0.1) is 0 Å². The molecule has 0 saturated carbocycles. The summed E-state index contributed by atoms with van der Waals surface area (Å²) in [5.41, 5.74) is 4.05. The molecular formula is C28H24N4O2. The van der Waals surface area contributed by atoms with Gasteiger partial charge in [0.15, 0.2) is 0 Å². The molecule has 0 bridgehead atoms. The molecule has 3 atom stereocenters. The van der Waals surface area contributed by atoms with Gasteiger partial charge in [-0.05, 0) is 51.4 Å². The molecule has 2 aliphatic rings. The van der Waals surface area contributed by atoms with Crippen LogP contribution in [0.2, 0.25) is 0 Å². The lowest BCUT2D eigenvalue weighted by Crippen LogP contribution is -2.41. The maximum Gasteiger partial charge on any atom is 0.114 e. The van der Waals surface area contributed by atoms with E-state index in [0.29, 0.717) is 12.7 Å². The van der Waals surface area contributed by atoms with Gasteiger partial charge in [0, 0.05) is 18.7 Å². The first-order valence-corrected chi connectivity index (χ1v) is 11.7. The van der Waals surface area contributed by atoms with Crippen LogP contribution in [0.1, 0.15) is 5.56 Å². The number of ether oxygens (including phenoxy) is 2. The Balaban J connectivity index is 1.13. The summed E-state index contributed by atoms with van der Waals surface area (Å²) in [7, 11) is 0. The molecule has 2 saturated heterocycles. The van der Waals surface area contributed by atoms with E-state index in [1.165, 1.54) is 21.5 Å². The molecule has 168 valence electrons. The van der Waals surface area contributed by atoms with Crippen LogP contribution in [0.4, 0.5) is 0 Å². The molecule has 1 aromatic heterocycles. The van der Waals surface area contributed by atoms with Gasteiger partial charge >= 0.3 is 0 Å². The Hall–Kier alpha value is -3.58. The van der Waals surface area contributed by atoms with Gasteiger partial charge in [-0.3, -0.25) is 0 Å². The Kier molecular flexibility index (Phi) is 4.68. The highest BCUT2D eigenvalue weighted by atomic mass is 16.6. The summed E-state index contributed by atoms with van der Waals surface area (Å²) in [5.74, 6) is 0. The van der Waals surface area contributed by atoms with Crippen molar-refractivity contribution in [1.82, 2.24) is 20.3 Å². The third-order valence-electron chi connectivity index (χ3n) is 6.86. The van der Waals surface area contributed by atoms with Crippen molar-refractivity contribution in [3.63, 3.8) is 0 Å². The van der Waals surface area contributed by atoms with Gasteiger partial charge in [-0.2, -0.15) is 0 Å². The first-order valence-electron chi connectivity index (χ1n) is 11.7. The van der Waals surface area contributed by atoms with Gasteiger partial charge in [-0.15, -0.1) is 5.10 Å². The smallest absolute Gasteiger partial charge is 0.114 e. The van der Waals surface area contributed by atoms with E-state index < -0.39 is 0 Å². The highest BCUT2D eigenvalue weighted by molar-refractivity contribution is 6.04. The number of fused-ring (bicyclic) bond motifs is 3. The van der Waals surface area contributed by atoms with Crippen molar-refractivity contribution in [3.8, 4) is 16.9 Å². The molecule has 0 spiro atoms. The first kappa shape index (κ1) is 19.9. The Morgan fingerprint density at radius 3 is 2.62 bits per heavy atom. The number of benzene rings is 4. The van der Waals surface area contributed by atoms with Gasteiger partial charge in [0.1, 0.15) is 11.8 Å². The van der Waals surface area contributed by atoms with Crippen LogP contribution in [0.3, 0.4) is 0 Å². The lowest BCUT2D eigenvalue weighted by molar-refractivity contribution is 0.0211. The van der Waals surface area contributed by atoms with E-state index >= 15 is 0 Å². The van der Waals surface area contributed by atoms with E-state index in [1.807, 2.05) is 10.9 Å². The minimum atomic E-state index is 0.133. The average Bonchev–Trinajstić information content (AvgIpc) is 3.53. The standard InChI is InChI=1S/C28H24N4O2/c1-2-5-20-13-24-21(12-19(20)4-1)6-3-7-23(24)25-16-32(31-30-25)22-10-8-18(9-11-22)17-33-26-14-29-15-27-28(26)34-27/h1-13,16,26-29H,14-15,17H2/t26-,27-,28+/m1/s1. The number of epoxide rings is 1. The fraction of sp³-hybridized carbons (Fsp3) is 0.214. The summed E-state index contributed by atoms with van der Waals surface area (Å²) >= 11 is 0. The van der Waals surface area contributed by atoms with Crippen molar-refractivity contribution in [3.05, 3.63) is 90.6 Å². The van der Waals surface area contributed by atoms with Crippen molar-refractivity contribution in [2.45, 2.75) is 24.9 Å². The van der Waals surface area contributed by atoms with Crippen molar-refractivity contribution in [2.24, 2.45) is 0 Å². The number of aromatic nitrogens is 3. The molecule has 2 aliphatic heterocycles. The van der Waals surface area contributed by atoms with Gasteiger partial charge in [-0.1, -0.05) is 59.8 Å². The third kappa shape index (κ3) is 3.56. The number of rotatable bonds is 5. The lowest BCUT2D eigenvalue weighted by Gasteiger charge is -2.20. The quantitative estimate of drug-likeness (QED) is 0.317. The summed E-state index contributed by atoms with van der Waals surface area (Å²) in [5, 5.41) is 17.1. The Morgan fingerprint density at radius 1 is 0.912 bits per heavy atom. The fourth-order valence-electron chi connectivity index (χ4n) is 4.94. The average molecular weight is 449 g/mol. The molecule has 2 fully saturated rings. The molecule has 4 aromatic carbocycles. The lowest BCUT2D eigenvalue weighted by atomic mass is 9.98. The maximum absolute atomic E-state index is 6.08. The van der Waals surface area contributed by atoms with Crippen molar-refractivity contribution in [2.75, 3.05) is 13.1 Å². The Morgan fingerprint density at radius 2 is 1.74 bits per heavy atom. The molecule has 0 unspecified atom stereocenters. The molecule has 0 aliphatic carbocycles. The van der Waals surface area contributed by atoms with Crippen molar-refractivity contribution in [1.29, 1.82) is 0 Å².